The van der Waals surface area contributed by atoms with Crippen LogP contribution in [0.5, 0.6) is 0 Å². The highest BCUT2D eigenvalue weighted by Crippen LogP contribution is 2.22. The SMILES string of the molecule is Cc1cc(-n2c(C)cc(C(=O)CN(C)CC(C)(CO)CO)c2C)no1. The molecule has 0 aliphatic carbocycles. The number of aromatic nitrogens is 2. The largest absolute Gasteiger partial charge is 0.396 e. The fraction of sp³-hybridized carbons (Fsp3) is 0.556. The van der Waals surface area contributed by atoms with E-state index in [0.717, 1.165) is 11.4 Å². The second kappa shape index (κ2) is 7.51. The van der Waals surface area contributed by atoms with E-state index in [1.165, 1.54) is 0 Å². The molecular weight excluding hydrogens is 322 g/mol. The number of Topliss-reactive ketones (excluding diaryl/α,β-unsaturated/α-hetero) is 1. The summed E-state index contributed by atoms with van der Waals surface area (Å²) in [6.45, 7) is 7.77. The van der Waals surface area contributed by atoms with Crippen molar-refractivity contribution in [1.82, 2.24) is 14.6 Å². The Balaban J connectivity index is 2.18. The molecule has 0 saturated heterocycles. The third kappa shape index (κ3) is 4.18. The summed E-state index contributed by atoms with van der Waals surface area (Å²) in [6.07, 6.45) is 0. The Kier molecular flexibility index (Phi) is 5.82. The van der Waals surface area contributed by atoms with E-state index in [1.54, 1.807) is 6.92 Å². The van der Waals surface area contributed by atoms with E-state index >= 15 is 0 Å². The van der Waals surface area contributed by atoms with Gasteiger partial charge in [-0.15, -0.1) is 0 Å². The van der Waals surface area contributed by atoms with Crippen LogP contribution in [0, 0.1) is 26.2 Å². The molecular formula is C18H27N3O4. The molecule has 7 nitrogen and oxygen atoms in total. The molecule has 25 heavy (non-hydrogen) atoms. The maximum Gasteiger partial charge on any atom is 0.180 e. The number of aryl methyl sites for hydroxylation is 2. The molecule has 0 radical (unpaired) electrons. The number of likely N-dealkylation sites (N-methyl/N-ethyl adjacent to an activating group) is 1. The number of rotatable bonds is 8. The molecule has 0 amide bonds. The lowest BCUT2D eigenvalue weighted by Crippen LogP contribution is -2.41. The maximum absolute atomic E-state index is 12.7. The molecule has 0 bridgehead atoms. The lowest BCUT2D eigenvalue weighted by atomic mass is 9.92. The van der Waals surface area contributed by atoms with Gasteiger partial charge in [-0.2, -0.15) is 0 Å². The van der Waals surface area contributed by atoms with Gasteiger partial charge in [0.05, 0.1) is 19.8 Å². The number of nitrogens with zero attached hydrogens (tertiary/aromatic N) is 3. The first kappa shape index (κ1) is 19.4. The smallest absolute Gasteiger partial charge is 0.180 e. The average molecular weight is 349 g/mol. The second-order valence-corrected chi connectivity index (χ2v) is 7.14. The summed E-state index contributed by atoms with van der Waals surface area (Å²) in [7, 11) is 1.81. The van der Waals surface area contributed by atoms with E-state index in [1.807, 2.05) is 49.4 Å². The van der Waals surface area contributed by atoms with E-state index in [9.17, 15) is 15.0 Å². The average Bonchev–Trinajstić information content (AvgIpc) is 3.10. The number of carbonyl (C=O) groups excluding carboxylic acids is 1. The van der Waals surface area contributed by atoms with E-state index in [2.05, 4.69) is 5.16 Å². The number of carbonyl (C=O) groups is 1. The minimum atomic E-state index is -0.635. The van der Waals surface area contributed by atoms with E-state index in [-0.39, 0.29) is 25.5 Å². The molecule has 0 saturated carbocycles. The van der Waals surface area contributed by atoms with Gasteiger partial charge in [0.2, 0.25) is 0 Å². The Labute approximate surface area is 147 Å². The van der Waals surface area contributed by atoms with Crippen molar-refractivity contribution < 1.29 is 19.5 Å². The van der Waals surface area contributed by atoms with Crippen LogP contribution in [-0.4, -0.2) is 64.0 Å². The number of hydrogen-bond donors (Lipinski definition) is 2. The summed E-state index contributed by atoms with van der Waals surface area (Å²) in [5.74, 6) is 1.36. The van der Waals surface area contributed by atoms with Crippen molar-refractivity contribution in [2.75, 3.05) is 33.4 Å². The van der Waals surface area contributed by atoms with Crippen molar-refractivity contribution in [1.29, 1.82) is 0 Å². The third-order valence-electron chi connectivity index (χ3n) is 4.40. The van der Waals surface area contributed by atoms with Crippen LogP contribution in [0.2, 0.25) is 0 Å². The molecule has 138 valence electrons. The molecule has 0 spiro atoms. The van der Waals surface area contributed by atoms with Crippen LogP contribution in [0.25, 0.3) is 5.82 Å². The van der Waals surface area contributed by atoms with Crippen molar-refractivity contribution in [3.05, 3.63) is 34.8 Å². The first-order chi connectivity index (χ1) is 11.7. The molecule has 2 heterocycles. The van der Waals surface area contributed by atoms with Gasteiger partial charge in [0.15, 0.2) is 11.6 Å². The molecule has 2 aromatic heterocycles. The minimum Gasteiger partial charge on any atom is -0.396 e. The Hall–Kier alpha value is -1.96. The van der Waals surface area contributed by atoms with Crippen LogP contribution in [0.15, 0.2) is 16.7 Å². The van der Waals surface area contributed by atoms with Crippen LogP contribution < -0.4 is 0 Å². The van der Waals surface area contributed by atoms with Crippen molar-refractivity contribution in [3.8, 4) is 5.82 Å². The van der Waals surface area contributed by atoms with Gasteiger partial charge in [0.1, 0.15) is 5.76 Å². The monoisotopic (exact) mass is 349 g/mol. The van der Waals surface area contributed by atoms with Gasteiger partial charge in [-0.25, -0.2) is 0 Å². The molecule has 2 aromatic rings. The molecule has 0 fully saturated rings. The number of aliphatic hydroxyl groups excluding tert-OH is 2. The minimum absolute atomic E-state index is 0.0136. The summed E-state index contributed by atoms with van der Waals surface area (Å²) in [6, 6.07) is 3.68. The zero-order chi connectivity index (χ0) is 18.8. The predicted molar refractivity (Wildman–Crippen MR) is 94.1 cm³/mol. The standard InChI is InChI=1S/C18H27N3O4/c1-12-6-15(14(3)21(12)17-7-13(2)25-19-17)16(24)8-20(5)9-18(4,10-22)11-23/h6-7,22-23H,8-11H2,1-5H3. The normalized spacial score (nSPS) is 12.2. The van der Waals surface area contributed by atoms with Crippen molar-refractivity contribution in [2.24, 2.45) is 5.41 Å². The fourth-order valence-electron chi connectivity index (χ4n) is 3.04. The highest BCUT2D eigenvalue weighted by Gasteiger charge is 2.26. The Bertz CT molecular complexity index is 744. The van der Waals surface area contributed by atoms with E-state index < -0.39 is 5.41 Å². The van der Waals surface area contributed by atoms with Crippen LogP contribution >= 0.6 is 0 Å². The van der Waals surface area contributed by atoms with Gasteiger partial charge >= 0.3 is 0 Å². The van der Waals surface area contributed by atoms with Crippen molar-refractivity contribution in [2.45, 2.75) is 27.7 Å². The Morgan fingerprint density at radius 3 is 2.44 bits per heavy atom. The van der Waals surface area contributed by atoms with Crippen LogP contribution in [0.4, 0.5) is 0 Å². The molecule has 2 rings (SSSR count). The summed E-state index contributed by atoms with van der Waals surface area (Å²) in [5, 5.41) is 22.8. The van der Waals surface area contributed by atoms with Crippen LogP contribution in [0.1, 0.15) is 34.4 Å². The quantitative estimate of drug-likeness (QED) is 0.702. The summed E-state index contributed by atoms with van der Waals surface area (Å²) in [4.78, 5) is 14.5. The highest BCUT2D eigenvalue weighted by atomic mass is 16.5. The topological polar surface area (TPSA) is 91.7 Å². The van der Waals surface area contributed by atoms with Gasteiger partial charge in [0, 0.05) is 35.0 Å². The van der Waals surface area contributed by atoms with Gasteiger partial charge in [-0.05, 0) is 33.9 Å². The van der Waals surface area contributed by atoms with E-state index in [4.69, 9.17) is 4.52 Å². The Morgan fingerprint density at radius 1 is 1.28 bits per heavy atom. The van der Waals surface area contributed by atoms with Crippen LogP contribution in [-0.2, 0) is 0 Å². The molecule has 2 N–H and O–H groups in total. The van der Waals surface area contributed by atoms with Crippen molar-refractivity contribution >= 4 is 5.78 Å². The maximum atomic E-state index is 12.7. The van der Waals surface area contributed by atoms with Gasteiger partial charge in [-0.1, -0.05) is 12.1 Å². The molecule has 0 aliphatic heterocycles. The molecule has 0 atom stereocenters. The zero-order valence-corrected chi connectivity index (χ0v) is 15.5. The Morgan fingerprint density at radius 2 is 1.92 bits per heavy atom. The lowest BCUT2D eigenvalue weighted by molar-refractivity contribution is 0.0411. The fourth-order valence-corrected chi connectivity index (χ4v) is 3.04. The number of aliphatic hydroxyl groups is 2. The summed E-state index contributed by atoms with van der Waals surface area (Å²) < 4.78 is 7.03. The first-order valence-electron chi connectivity index (χ1n) is 8.27. The van der Waals surface area contributed by atoms with Gasteiger partial charge < -0.3 is 14.7 Å². The lowest BCUT2D eigenvalue weighted by Gasteiger charge is -2.29. The number of hydrogen-bond acceptors (Lipinski definition) is 6. The summed E-state index contributed by atoms with van der Waals surface area (Å²) in [5.41, 5.74) is 1.73. The predicted octanol–water partition coefficient (Wildman–Crippen LogP) is 1.50. The second-order valence-electron chi connectivity index (χ2n) is 7.14. The van der Waals surface area contributed by atoms with Crippen LogP contribution in [0.3, 0.4) is 0 Å². The molecule has 0 aromatic carbocycles. The molecule has 7 heteroatoms. The van der Waals surface area contributed by atoms with Gasteiger partial charge in [0.25, 0.3) is 0 Å². The van der Waals surface area contributed by atoms with Crippen molar-refractivity contribution in [3.63, 3.8) is 0 Å². The molecule has 0 unspecified atom stereocenters. The third-order valence-corrected chi connectivity index (χ3v) is 4.40. The first-order valence-corrected chi connectivity index (χ1v) is 8.27. The van der Waals surface area contributed by atoms with Gasteiger partial charge in [-0.3, -0.25) is 14.3 Å². The number of ketones is 1. The van der Waals surface area contributed by atoms with E-state index in [0.29, 0.717) is 23.7 Å². The zero-order valence-electron chi connectivity index (χ0n) is 15.5. The highest BCUT2D eigenvalue weighted by molar-refractivity contribution is 5.99. The molecule has 0 aliphatic rings. The summed E-state index contributed by atoms with van der Waals surface area (Å²) >= 11 is 0.